The van der Waals surface area contributed by atoms with E-state index in [0.717, 1.165) is 19.4 Å². The molecule has 0 aliphatic rings. The number of aliphatic hydroxyl groups excluding tert-OH is 1. The summed E-state index contributed by atoms with van der Waals surface area (Å²) in [5.74, 6) is 0. The number of hydrogen-bond acceptors (Lipinski definition) is 2. The van der Waals surface area contributed by atoms with E-state index < -0.39 is 0 Å². The van der Waals surface area contributed by atoms with Crippen molar-refractivity contribution in [1.82, 2.24) is 4.90 Å². The standard InChI is InChI=1S/C12H27NO/c1-4-6-9-13(12(3)5-2)10-7-8-11-14/h12,14H,4-11H2,1-3H3. The van der Waals surface area contributed by atoms with Gasteiger partial charge in [0.25, 0.3) is 0 Å². The second kappa shape index (κ2) is 9.47. The van der Waals surface area contributed by atoms with Crippen molar-refractivity contribution in [3.63, 3.8) is 0 Å². The molecule has 0 aromatic heterocycles. The third-order valence-electron chi connectivity index (χ3n) is 2.87. The van der Waals surface area contributed by atoms with Crippen LogP contribution in [0.4, 0.5) is 0 Å². The van der Waals surface area contributed by atoms with Gasteiger partial charge in [-0.1, -0.05) is 20.3 Å². The summed E-state index contributed by atoms with van der Waals surface area (Å²) in [5, 5.41) is 8.73. The van der Waals surface area contributed by atoms with Crippen molar-refractivity contribution < 1.29 is 5.11 Å². The lowest BCUT2D eigenvalue weighted by molar-refractivity contribution is 0.188. The van der Waals surface area contributed by atoms with E-state index in [9.17, 15) is 0 Å². The smallest absolute Gasteiger partial charge is 0.0431 e. The Morgan fingerprint density at radius 3 is 2.21 bits per heavy atom. The summed E-state index contributed by atoms with van der Waals surface area (Å²) in [6.45, 7) is 9.49. The molecule has 0 saturated carbocycles. The Morgan fingerprint density at radius 2 is 1.71 bits per heavy atom. The number of unbranched alkanes of at least 4 members (excludes halogenated alkanes) is 2. The second-order valence-electron chi connectivity index (χ2n) is 4.08. The molecular weight excluding hydrogens is 174 g/mol. The van der Waals surface area contributed by atoms with Crippen LogP contribution in [0.5, 0.6) is 0 Å². The van der Waals surface area contributed by atoms with E-state index in [1.165, 1.54) is 25.8 Å². The van der Waals surface area contributed by atoms with Crippen molar-refractivity contribution >= 4 is 0 Å². The summed E-state index contributed by atoms with van der Waals surface area (Å²) in [6.07, 6.45) is 5.86. The first-order valence-corrected chi connectivity index (χ1v) is 6.11. The largest absolute Gasteiger partial charge is 0.396 e. The van der Waals surface area contributed by atoms with E-state index in [1.807, 2.05) is 0 Å². The van der Waals surface area contributed by atoms with E-state index in [0.29, 0.717) is 12.6 Å². The Bertz CT molecular complexity index is 117. The summed E-state index contributed by atoms with van der Waals surface area (Å²) in [6, 6.07) is 0.695. The minimum atomic E-state index is 0.335. The Labute approximate surface area is 89.3 Å². The maximum Gasteiger partial charge on any atom is 0.0431 e. The molecule has 0 rings (SSSR count). The van der Waals surface area contributed by atoms with Crippen LogP contribution in [0.2, 0.25) is 0 Å². The SMILES string of the molecule is CCCCN(CCCCO)C(C)CC. The molecule has 0 heterocycles. The molecule has 0 saturated heterocycles. The Balaban J connectivity index is 3.72. The van der Waals surface area contributed by atoms with Crippen LogP contribution in [0.25, 0.3) is 0 Å². The van der Waals surface area contributed by atoms with Crippen LogP contribution < -0.4 is 0 Å². The zero-order valence-corrected chi connectivity index (χ0v) is 10.1. The van der Waals surface area contributed by atoms with Crippen LogP contribution in [-0.2, 0) is 0 Å². The lowest BCUT2D eigenvalue weighted by Gasteiger charge is -2.28. The highest BCUT2D eigenvalue weighted by Crippen LogP contribution is 2.07. The molecule has 1 unspecified atom stereocenters. The Hall–Kier alpha value is -0.0800. The third kappa shape index (κ3) is 6.39. The van der Waals surface area contributed by atoms with Gasteiger partial charge in [-0.15, -0.1) is 0 Å². The second-order valence-corrected chi connectivity index (χ2v) is 4.08. The molecule has 2 nitrogen and oxygen atoms in total. The predicted molar refractivity (Wildman–Crippen MR) is 62.6 cm³/mol. The molecule has 0 fully saturated rings. The van der Waals surface area contributed by atoms with Crippen LogP contribution in [0, 0.1) is 0 Å². The molecule has 0 aromatic rings. The van der Waals surface area contributed by atoms with Gasteiger partial charge in [-0.05, 0) is 45.7 Å². The molecule has 0 radical (unpaired) electrons. The van der Waals surface area contributed by atoms with Crippen molar-refractivity contribution in [2.75, 3.05) is 19.7 Å². The average molecular weight is 201 g/mol. The van der Waals surface area contributed by atoms with Crippen molar-refractivity contribution in [3.05, 3.63) is 0 Å². The predicted octanol–water partition coefficient (Wildman–Crippen LogP) is 2.66. The fraction of sp³-hybridized carbons (Fsp3) is 1.00. The quantitative estimate of drug-likeness (QED) is 0.580. The normalized spacial score (nSPS) is 13.5. The van der Waals surface area contributed by atoms with Gasteiger partial charge < -0.3 is 10.0 Å². The van der Waals surface area contributed by atoms with Gasteiger partial charge >= 0.3 is 0 Å². The van der Waals surface area contributed by atoms with Gasteiger partial charge in [0.2, 0.25) is 0 Å². The van der Waals surface area contributed by atoms with Crippen LogP contribution in [0.3, 0.4) is 0 Å². The Kier molecular flexibility index (Phi) is 9.42. The first-order valence-electron chi connectivity index (χ1n) is 6.11. The third-order valence-corrected chi connectivity index (χ3v) is 2.87. The molecular formula is C12H27NO. The van der Waals surface area contributed by atoms with E-state index in [1.54, 1.807) is 0 Å². The molecule has 86 valence electrons. The van der Waals surface area contributed by atoms with Gasteiger partial charge in [-0.25, -0.2) is 0 Å². The molecule has 1 N–H and O–H groups in total. The zero-order chi connectivity index (χ0) is 10.8. The maximum atomic E-state index is 8.73. The van der Waals surface area contributed by atoms with Gasteiger partial charge in [-0.2, -0.15) is 0 Å². The molecule has 0 spiro atoms. The van der Waals surface area contributed by atoms with Gasteiger partial charge in [0, 0.05) is 12.6 Å². The number of aliphatic hydroxyl groups is 1. The van der Waals surface area contributed by atoms with Gasteiger partial charge in [0.05, 0.1) is 0 Å². The van der Waals surface area contributed by atoms with E-state index in [4.69, 9.17) is 5.11 Å². The molecule has 14 heavy (non-hydrogen) atoms. The van der Waals surface area contributed by atoms with E-state index >= 15 is 0 Å². The summed E-state index contributed by atoms with van der Waals surface area (Å²) < 4.78 is 0. The zero-order valence-electron chi connectivity index (χ0n) is 10.1. The maximum absolute atomic E-state index is 8.73. The van der Waals surface area contributed by atoms with Crippen LogP contribution in [0.1, 0.15) is 52.9 Å². The van der Waals surface area contributed by atoms with Crippen molar-refractivity contribution in [3.8, 4) is 0 Å². The number of hydrogen-bond donors (Lipinski definition) is 1. The minimum absolute atomic E-state index is 0.335. The molecule has 0 aliphatic carbocycles. The lowest BCUT2D eigenvalue weighted by Crippen LogP contribution is -2.34. The number of rotatable bonds is 9. The molecule has 0 aromatic carbocycles. The number of nitrogens with zero attached hydrogens (tertiary/aromatic N) is 1. The summed E-state index contributed by atoms with van der Waals surface area (Å²) in [5.41, 5.74) is 0. The minimum Gasteiger partial charge on any atom is -0.396 e. The van der Waals surface area contributed by atoms with E-state index in [2.05, 4.69) is 25.7 Å². The fourth-order valence-corrected chi connectivity index (χ4v) is 1.60. The highest BCUT2D eigenvalue weighted by molar-refractivity contribution is 4.65. The van der Waals surface area contributed by atoms with Gasteiger partial charge in [0.15, 0.2) is 0 Å². The molecule has 1 atom stereocenters. The molecule has 0 amide bonds. The summed E-state index contributed by atoms with van der Waals surface area (Å²) >= 11 is 0. The Morgan fingerprint density at radius 1 is 1.07 bits per heavy atom. The lowest BCUT2D eigenvalue weighted by atomic mass is 10.1. The topological polar surface area (TPSA) is 23.5 Å². The van der Waals surface area contributed by atoms with Crippen LogP contribution in [0.15, 0.2) is 0 Å². The van der Waals surface area contributed by atoms with Crippen molar-refractivity contribution in [2.24, 2.45) is 0 Å². The highest BCUT2D eigenvalue weighted by Gasteiger charge is 2.10. The fourth-order valence-electron chi connectivity index (χ4n) is 1.60. The summed E-state index contributed by atoms with van der Waals surface area (Å²) in [7, 11) is 0. The highest BCUT2D eigenvalue weighted by atomic mass is 16.2. The van der Waals surface area contributed by atoms with Crippen molar-refractivity contribution in [2.45, 2.75) is 58.9 Å². The van der Waals surface area contributed by atoms with Gasteiger partial charge in [-0.3, -0.25) is 0 Å². The van der Waals surface area contributed by atoms with E-state index in [-0.39, 0.29) is 0 Å². The first-order chi connectivity index (χ1) is 6.76. The monoisotopic (exact) mass is 201 g/mol. The summed E-state index contributed by atoms with van der Waals surface area (Å²) in [4.78, 5) is 2.55. The van der Waals surface area contributed by atoms with Gasteiger partial charge in [0.1, 0.15) is 0 Å². The molecule has 2 heteroatoms. The van der Waals surface area contributed by atoms with Crippen LogP contribution >= 0.6 is 0 Å². The average Bonchev–Trinajstić information content (AvgIpc) is 2.22. The van der Waals surface area contributed by atoms with Crippen molar-refractivity contribution in [1.29, 1.82) is 0 Å². The molecule has 0 aliphatic heterocycles. The van der Waals surface area contributed by atoms with Crippen LogP contribution in [-0.4, -0.2) is 35.7 Å². The first kappa shape index (κ1) is 13.9. The molecule has 0 bridgehead atoms.